The van der Waals surface area contributed by atoms with Crippen LogP contribution in [0.2, 0.25) is 0 Å². The molecule has 2 nitrogen and oxygen atoms in total. The Kier molecular flexibility index (Phi) is 3.69. The average molecular weight is 273 g/mol. The van der Waals surface area contributed by atoms with E-state index in [4.69, 9.17) is 11.6 Å². The number of pyridine rings is 1. The molecule has 1 aromatic carbocycles. The summed E-state index contributed by atoms with van der Waals surface area (Å²) in [4.78, 5) is 6.97. The van der Waals surface area contributed by atoms with Gasteiger partial charge in [-0.05, 0) is 36.1 Å². The van der Waals surface area contributed by atoms with Gasteiger partial charge in [-0.3, -0.25) is 0 Å². The minimum atomic E-state index is 0.474. The second kappa shape index (κ2) is 5.62. The first kappa shape index (κ1) is 12.5. The molecule has 0 saturated heterocycles. The predicted octanol–water partition coefficient (Wildman–Crippen LogP) is 3.43. The van der Waals surface area contributed by atoms with E-state index in [1.807, 2.05) is 12.1 Å². The Balaban J connectivity index is 1.81. The van der Waals surface area contributed by atoms with Gasteiger partial charge in [-0.2, -0.15) is 0 Å². The molecule has 1 aliphatic heterocycles. The first-order valence-corrected chi connectivity index (χ1v) is 7.24. The number of nitrogens with zero attached hydrogens (tertiary/aromatic N) is 2. The van der Waals surface area contributed by atoms with Gasteiger partial charge in [0.2, 0.25) is 0 Å². The van der Waals surface area contributed by atoms with Crippen LogP contribution in [0.5, 0.6) is 0 Å². The molecule has 0 spiro atoms. The third-order valence-electron chi connectivity index (χ3n) is 3.67. The lowest BCUT2D eigenvalue weighted by Gasteiger charge is -2.21. The second-order valence-corrected chi connectivity index (χ2v) is 5.14. The number of hydrogen-bond donors (Lipinski definition) is 0. The van der Waals surface area contributed by atoms with Crippen molar-refractivity contribution >= 4 is 17.4 Å². The Morgan fingerprint density at radius 2 is 1.63 bits per heavy atom. The summed E-state index contributed by atoms with van der Waals surface area (Å²) in [6.07, 6.45) is 2.17. The van der Waals surface area contributed by atoms with E-state index in [9.17, 15) is 0 Å². The molecule has 0 N–H and O–H groups in total. The van der Waals surface area contributed by atoms with Gasteiger partial charge in [-0.25, -0.2) is 4.98 Å². The van der Waals surface area contributed by atoms with Gasteiger partial charge in [-0.1, -0.05) is 30.3 Å². The van der Waals surface area contributed by atoms with Crippen molar-refractivity contribution < 1.29 is 0 Å². The molecule has 3 rings (SSSR count). The van der Waals surface area contributed by atoms with Gasteiger partial charge < -0.3 is 4.90 Å². The molecule has 0 unspecified atom stereocenters. The lowest BCUT2D eigenvalue weighted by atomic mass is 10.0. The number of hydrogen-bond acceptors (Lipinski definition) is 2. The van der Waals surface area contributed by atoms with Crippen LogP contribution in [0.4, 0.5) is 5.82 Å². The number of fused-ring (bicyclic) bond motifs is 1. The highest BCUT2D eigenvalue weighted by molar-refractivity contribution is 6.16. The van der Waals surface area contributed by atoms with Crippen molar-refractivity contribution in [1.82, 2.24) is 4.98 Å². The number of benzene rings is 1. The third kappa shape index (κ3) is 2.74. The van der Waals surface area contributed by atoms with Crippen LogP contribution in [0, 0.1) is 0 Å². The fourth-order valence-corrected chi connectivity index (χ4v) is 2.76. The summed E-state index contributed by atoms with van der Waals surface area (Å²) in [6.45, 7) is 2.05. The summed E-state index contributed by atoms with van der Waals surface area (Å²) in [7, 11) is 0. The topological polar surface area (TPSA) is 16.1 Å². The van der Waals surface area contributed by atoms with E-state index in [1.165, 1.54) is 11.1 Å². The second-order valence-electron chi connectivity index (χ2n) is 4.88. The first-order chi connectivity index (χ1) is 9.36. The maximum Gasteiger partial charge on any atom is 0.128 e. The molecule has 3 heteroatoms. The molecule has 19 heavy (non-hydrogen) atoms. The highest BCUT2D eigenvalue weighted by Gasteiger charge is 2.14. The summed E-state index contributed by atoms with van der Waals surface area (Å²) in [5.74, 6) is 1.52. The van der Waals surface area contributed by atoms with Crippen molar-refractivity contribution in [3.8, 4) is 0 Å². The van der Waals surface area contributed by atoms with E-state index in [2.05, 4.69) is 40.2 Å². The molecule has 0 radical (unpaired) electrons. The van der Waals surface area contributed by atoms with E-state index in [-0.39, 0.29) is 0 Å². The molecular weight excluding hydrogens is 256 g/mol. The van der Waals surface area contributed by atoms with E-state index in [1.54, 1.807) is 0 Å². The molecule has 2 heterocycles. The summed E-state index contributed by atoms with van der Waals surface area (Å²) in [5, 5.41) is 0. The lowest BCUT2D eigenvalue weighted by molar-refractivity contribution is 0.788. The average Bonchev–Trinajstić information content (AvgIpc) is 2.70. The molecule has 2 aromatic rings. The summed E-state index contributed by atoms with van der Waals surface area (Å²) in [6, 6.07) is 14.8. The largest absolute Gasteiger partial charge is 0.356 e. The summed E-state index contributed by atoms with van der Waals surface area (Å²) < 4.78 is 0. The van der Waals surface area contributed by atoms with E-state index >= 15 is 0 Å². The fourth-order valence-electron chi connectivity index (χ4n) is 2.61. The number of rotatable bonds is 2. The summed E-state index contributed by atoms with van der Waals surface area (Å²) in [5.41, 5.74) is 3.89. The minimum Gasteiger partial charge on any atom is -0.356 e. The van der Waals surface area contributed by atoms with Crippen molar-refractivity contribution in [2.75, 3.05) is 18.0 Å². The van der Waals surface area contributed by atoms with Crippen molar-refractivity contribution in [3.05, 3.63) is 59.3 Å². The number of aromatic nitrogens is 1. The normalized spacial score (nSPS) is 14.9. The fraction of sp³-hybridized carbons (Fsp3) is 0.312. The maximum absolute atomic E-state index is 5.86. The highest BCUT2D eigenvalue weighted by Crippen LogP contribution is 2.20. The Morgan fingerprint density at radius 1 is 0.947 bits per heavy atom. The molecule has 1 aromatic heterocycles. The van der Waals surface area contributed by atoms with Crippen LogP contribution in [0.1, 0.15) is 16.8 Å². The van der Waals surface area contributed by atoms with Crippen LogP contribution < -0.4 is 4.90 Å². The van der Waals surface area contributed by atoms with E-state index < -0.39 is 0 Å². The molecule has 0 saturated carbocycles. The van der Waals surface area contributed by atoms with Gasteiger partial charge in [0, 0.05) is 13.1 Å². The molecule has 0 fully saturated rings. The number of alkyl halides is 1. The zero-order valence-corrected chi connectivity index (χ0v) is 11.6. The van der Waals surface area contributed by atoms with E-state index in [0.717, 1.165) is 37.4 Å². The van der Waals surface area contributed by atoms with Crippen molar-refractivity contribution in [3.63, 3.8) is 0 Å². The zero-order valence-electron chi connectivity index (χ0n) is 10.8. The standard InChI is InChI=1S/C16H17ClN2/c17-12-15-6-3-7-16(18-15)19-10-8-13-4-1-2-5-14(13)9-11-19/h1-7H,8-12H2. The Morgan fingerprint density at radius 3 is 2.26 bits per heavy atom. The van der Waals surface area contributed by atoms with Gasteiger partial charge in [0.05, 0.1) is 11.6 Å². The Labute approximate surface area is 119 Å². The van der Waals surface area contributed by atoms with E-state index in [0.29, 0.717) is 5.88 Å². The zero-order chi connectivity index (χ0) is 13.1. The molecule has 0 bridgehead atoms. The molecular formula is C16H17ClN2. The maximum atomic E-state index is 5.86. The van der Waals surface area contributed by atoms with Crippen LogP contribution >= 0.6 is 11.6 Å². The molecule has 0 atom stereocenters. The van der Waals surface area contributed by atoms with Crippen LogP contribution in [-0.4, -0.2) is 18.1 Å². The molecule has 1 aliphatic rings. The molecule has 0 aliphatic carbocycles. The number of anilines is 1. The Bertz CT molecular complexity index is 541. The molecule has 98 valence electrons. The minimum absolute atomic E-state index is 0.474. The SMILES string of the molecule is ClCc1cccc(N2CCc3ccccc3CC2)n1. The van der Waals surface area contributed by atoms with Crippen LogP contribution in [-0.2, 0) is 18.7 Å². The van der Waals surface area contributed by atoms with Crippen molar-refractivity contribution in [2.24, 2.45) is 0 Å². The van der Waals surface area contributed by atoms with Crippen LogP contribution in [0.15, 0.2) is 42.5 Å². The molecule has 0 amide bonds. The third-order valence-corrected chi connectivity index (χ3v) is 3.95. The lowest BCUT2D eigenvalue weighted by Crippen LogP contribution is -2.27. The van der Waals surface area contributed by atoms with Gasteiger partial charge in [0.25, 0.3) is 0 Å². The van der Waals surface area contributed by atoms with Crippen LogP contribution in [0.25, 0.3) is 0 Å². The predicted molar refractivity (Wildman–Crippen MR) is 79.9 cm³/mol. The quantitative estimate of drug-likeness (QED) is 0.779. The first-order valence-electron chi connectivity index (χ1n) is 6.70. The summed E-state index contributed by atoms with van der Waals surface area (Å²) >= 11 is 5.86. The smallest absolute Gasteiger partial charge is 0.128 e. The number of halogens is 1. The van der Waals surface area contributed by atoms with Gasteiger partial charge >= 0.3 is 0 Å². The van der Waals surface area contributed by atoms with Gasteiger partial charge in [0.1, 0.15) is 5.82 Å². The van der Waals surface area contributed by atoms with Crippen molar-refractivity contribution in [2.45, 2.75) is 18.7 Å². The van der Waals surface area contributed by atoms with Gasteiger partial charge in [-0.15, -0.1) is 11.6 Å². The van der Waals surface area contributed by atoms with Crippen LogP contribution in [0.3, 0.4) is 0 Å². The Hall–Kier alpha value is -1.54. The van der Waals surface area contributed by atoms with Crippen molar-refractivity contribution in [1.29, 1.82) is 0 Å². The monoisotopic (exact) mass is 272 g/mol. The van der Waals surface area contributed by atoms with Gasteiger partial charge in [0.15, 0.2) is 0 Å². The highest BCUT2D eigenvalue weighted by atomic mass is 35.5.